The van der Waals surface area contributed by atoms with E-state index in [2.05, 4.69) is 21.5 Å². The van der Waals surface area contributed by atoms with Gasteiger partial charge in [-0.15, -0.1) is 0 Å². The van der Waals surface area contributed by atoms with Gasteiger partial charge in [0.15, 0.2) is 0 Å². The highest BCUT2D eigenvalue weighted by atomic mass is 15.3. The molecule has 2 aromatic rings. The van der Waals surface area contributed by atoms with Crippen molar-refractivity contribution in [3.8, 4) is 6.07 Å². The number of nitriles is 1. The Bertz CT molecular complexity index is 483. The van der Waals surface area contributed by atoms with Crippen LogP contribution in [0.5, 0.6) is 0 Å². The molecule has 0 saturated carbocycles. The van der Waals surface area contributed by atoms with Crippen LogP contribution in [0.1, 0.15) is 5.56 Å². The lowest BCUT2D eigenvalue weighted by Crippen LogP contribution is -2.11. The van der Waals surface area contributed by atoms with Gasteiger partial charge in [-0.3, -0.25) is 9.67 Å². The summed E-state index contributed by atoms with van der Waals surface area (Å²) in [6.45, 7) is 1.47. The summed E-state index contributed by atoms with van der Waals surface area (Å²) in [5, 5.41) is 16.1. The van der Waals surface area contributed by atoms with Crippen molar-refractivity contribution in [1.29, 1.82) is 5.26 Å². The molecule has 80 valence electrons. The topological polar surface area (TPSA) is 66.5 Å². The molecule has 0 amide bonds. The van der Waals surface area contributed by atoms with Crippen LogP contribution in [0, 0.1) is 11.3 Å². The summed E-state index contributed by atoms with van der Waals surface area (Å²) in [7, 11) is 0. The largest absolute Gasteiger partial charge is 0.381 e. The van der Waals surface area contributed by atoms with Crippen LogP contribution in [-0.2, 0) is 6.54 Å². The van der Waals surface area contributed by atoms with Crippen molar-refractivity contribution in [2.24, 2.45) is 0 Å². The summed E-state index contributed by atoms with van der Waals surface area (Å²) in [5.74, 6) is 0. The zero-order valence-corrected chi connectivity index (χ0v) is 8.67. The second kappa shape index (κ2) is 4.94. The van der Waals surface area contributed by atoms with E-state index in [1.807, 2.05) is 16.9 Å². The minimum absolute atomic E-state index is 0.607. The summed E-state index contributed by atoms with van der Waals surface area (Å²) in [4.78, 5) is 3.97. The smallest absolute Gasteiger partial charge is 0.101 e. The van der Waals surface area contributed by atoms with E-state index in [1.54, 1.807) is 24.7 Å². The number of nitrogens with one attached hydrogen (secondary N) is 1. The molecule has 0 atom stereocenters. The molecule has 0 aliphatic heterocycles. The molecule has 0 saturated heterocycles. The Labute approximate surface area is 93.4 Å². The molecule has 5 nitrogen and oxygen atoms in total. The molecule has 5 heteroatoms. The average molecular weight is 213 g/mol. The monoisotopic (exact) mass is 213 g/mol. The van der Waals surface area contributed by atoms with Crippen LogP contribution in [-0.4, -0.2) is 21.3 Å². The second-order valence-corrected chi connectivity index (χ2v) is 3.23. The van der Waals surface area contributed by atoms with E-state index < -0.39 is 0 Å². The Hall–Kier alpha value is -2.35. The molecule has 2 heterocycles. The zero-order chi connectivity index (χ0) is 11.2. The van der Waals surface area contributed by atoms with Crippen molar-refractivity contribution in [3.05, 3.63) is 42.5 Å². The van der Waals surface area contributed by atoms with Gasteiger partial charge in [-0.1, -0.05) is 0 Å². The van der Waals surface area contributed by atoms with E-state index in [1.165, 1.54) is 0 Å². The maximum absolute atomic E-state index is 8.87. The fourth-order valence-corrected chi connectivity index (χ4v) is 1.37. The molecule has 16 heavy (non-hydrogen) atoms. The highest BCUT2D eigenvalue weighted by Crippen LogP contribution is 2.10. The molecule has 0 aromatic carbocycles. The third-order valence-electron chi connectivity index (χ3n) is 2.16. The first-order valence-corrected chi connectivity index (χ1v) is 4.95. The Morgan fingerprint density at radius 3 is 3.12 bits per heavy atom. The van der Waals surface area contributed by atoms with Crippen LogP contribution in [0.2, 0.25) is 0 Å². The van der Waals surface area contributed by atoms with Gasteiger partial charge in [0, 0.05) is 25.1 Å². The average Bonchev–Trinajstić information content (AvgIpc) is 2.83. The molecular formula is C11H11N5. The minimum atomic E-state index is 0.607. The maximum Gasteiger partial charge on any atom is 0.101 e. The van der Waals surface area contributed by atoms with Gasteiger partial charge in [0.05, 0.1) is 24.0 Å². The van der Waals surface area contributed by atoms with Gasteiger partial charge in [-0.2, -0.15) is 10.4 Å². The second-order valence-electron chi connectivity index (χ2n) is 3.23. The lowest BCUT2D eigenvalue weighted by Gasteiger charge is -2.07. The lowest BCUT2D eigenvalue weighted by molar-refractivity contribution is 0.637. The van der Waals surface area contributed by atoms with Crippen LogP contribution in [0.3, 0.4) is 0 Å². The van der Waals surface area contributed by atoms with Gasteiger partial charge >= 0.3 is 0 Å². The fourth-order valence-electron chi connectivity index (χ4n) is 1.37. The van der Waals surface area contributed by atoms with Gasteiger partial charge in [0.2, 0.25) is 0 Å². The van der Waals surface area contributed by atoms with E-state index in [0.29, 0.717) is 12.1 Å². The third-order valence-corrected chi connectivity index (χ3v) is 2.16. The molecule has 0 radical (unpaired) electrons. The van der Waals surface area contributed by atoms with Crippen molar-refractivity contribution >= 4 is 5.69 Å². The van der Waals surface area contributed by atoms with Gasteiger partial charge in [-0.25, -0.2) is 0 Å². The first kappa shape index (κ1) is 10.2. The number of nitrogens with zero attached hydrogens (tertiary/aromatic N) is 4. The van der Waals surface area contributed by atoms with Crippen LogP contribution in [0.15, 0.2) is 36.9 Å². The van der Waals surface area contributed by atoms with Crippen LogP contribution in [0.25, 0.3) is 0 Å². The summed E-state index contributed by atoms with van der Waals surface area (Å²) >= 11 is 0. The number of aromatic nitrogens is 3. The van der Waals surface area contributed by atoms with Crippen LogP contribution in [0.4, 0.5) is 5.69 Å². The standard InChI is InChI=1S/C11H11N5/c12-8-10-2-4-13-9-11(10)14-5-7-16-6-1-3-15-16/h1-4,6,9,14H,5,7H2. The fraction of sp³-hybridized carbons (Fsp3) is 0.182. The van der Waals surface area contributed by atoms with E-state index in [0.717, 1.165) is 12.2 Å². The first-order valence-electron chi connectivity index (χ1n) is 4.95. The molecule has 0 aliphatic rings. The molecule has 0 spiro atoms. The third kappa shape index (κ3) is 2.36. The van der Waals surface area contributed by atoms with Crippen molar-refractivity contribution in [3.63, 3.8) is 0 Å². The van der Waals surface area contributed by atoms with Crippen LogP contribution >= 0.6 is 0 Å². The summed E-state index contributed by atoms with van der Waals surface area (Å²) < 4.78 is 1.83. The summed E-state index contributed by atoms with van der Waals surface area (Å²) in [6, 6.07) is 5.68. The van der Waals surface area contributed by atoms with Crippen LogP contribution < -0.4 is 5.32 Å². The van der Waals surface area contributed by atoms with Crippen molar-refractivity contribution in [2.45, 2.75) is 6.54 Å². The zero-order valence-electron chi connectivity index (χ0n) is 8.67. The maximum atomic E-state index is 8.87. The predicted octanol–water partition coefficient (Wildman–Crippen LogP) is 1.26. The first-order chi connectivity index (χ1) is 7.90. The van der Waals surface area contributed by atoms with E-state index in [4.69, 9.17) is 5.26 Å². The highest BCUT2D eigenvalue weighted by molar-refractivity contribution is 5.55. The molecule has 0 unspecified atom stereocenters. The number of hydrogen-bond donors (Lipinski definition) is 1. The number of rotatable bonds is 4. The normalized spacial score (nSPS) is 9.69. The van der Waals surface area contributed by atoms with Crippen molar-refractivity contribution in [2.75, 3.05) is 11.9 Å². The SMILES string of the molecule is N#Cc1ccncc1NCCn1cccn1. The van der Waals surface area contributed by atoms with E-state index in [-0.39, 0.29) is 0 Å². The van der Waals surface area contributed by atoms with Gasteiger partial charge < -0.3 is 5.32 Å². The van der Waals surface area contributed by atoms with E-state index >= 15 is 0 Å². The predicted molar refractivity (Wildman–Crippen MR) is 59.7 cm³/mol. The molecule has 2 aromatic heterocycles. The summed E-state index contributed by atoms with van der Waals surface area (Å²) in [6.07, 6.45) is 6.90. The Morgan fingerprint density at radius 2 is 2.38 bits per heavy atom. The number of hydrogen-bond acceptors (Lipinski definition) is 4. The van der Waals surface area contributed by atoms with Crippen molar-refractivity contribution in [1.82, 2.24) is 14.8 Å². The van der Waals surface area contributed by atoms with Gasteiger partial charge in [0.1, 0.15) is 6.07 Å². The minimum Gasteiger partial charge on any atom is -0.381 e. The molecule has 2 rings (SSSR count). The quantitative estimate of drug-likeness (QED) is 0.830. The molecule has 1 N–H and O–H groups in total. The molecule has 0 aliphatic carbocycles. The summed E-state index contributed by atoms with van der Waals surface area (Å²) in [5.41, 5.74) is 1.37. The Morgan fingerprint density at radius 1 is 1.44 bits per heavy atom. The number of pyridine rings is 1. The lowest BCUT2D eigenvalue weighted by atomic mass is 10.2. The Balaban J connectivity index is 1.93. The molecular weight excluding hydrogens is 202 g/mol. The number of anilines is 1. The van der Waals surface area contributed by atoms with Gasteiger partial charge in [0.25, 0.3) is 0 Å². The highest BCUT2D eigenvalue weighted by Gasteiger charge is 1.99. The van der Waals surface area contributed by atoms with E-state index in [9.17, 15) is 0 Å². The van der Waals surface area contributed by atoms with Crippen molar-refractivity contribution < 1.29 is 0 Å². The Kier molecular flexibility index (Phi) is 3.14. The molecule has 0 fully saturated rings. The van der Waals surface area contributed by atoms with Gasteiger partial charge in [-0.05, 0) is 12.1 Å². The molecule has 0 bridgehead atoms.